The lowest BCUT2D eigenvalue weighted by molar-refractivity contribution is -0.122. The van der Waals surface area contributed by atoms with Crippen molar-refractivity contribution in [3.05, 3.63) is 28.5 Å². The fourth-order valence-electron chi connectivity index (χ4n) is 1.72. The molecule has 0 saturated heterocycles. The molecule has 106 valence electrons. The number of hydrogen-bond acceptors (Lipinski definition) is 2. The van der Waals surface area contributed by atoms with Crippen molar-refractivity contribution in [1.82, 2.24) is 5.32 Å². The summed E-state index contributed by atoms with van der Waals surface area (Å²) in [5, 5.41) is 5.95. The fourth-order valence-corrected chi connectivity index (χ4v) is 1.97. The molecular weight excluding hydrogens is 311 g/mol. The van der Waals surface area contributed by atoms with Crippen molar-refractivity contribution in [3.63, 3.8) is 0 Å². The van der Waals surface area contributed by atoms with E-state index in [0.717, 1.165) is 12.8 Å². The van der Waals surface area contributed by atoms with Crippen LogP contribution in [-0.2, 0) is 4.79 Å². The maximum atomic E-state index is 13.4. The second kappa shape index (κ2) is 7.48. The van der Waals surface area contributed by atoms with Crippen LogP contribution in [0.15, 0.2) is 22.7 Å². The van der Waals surface area contributed by atoms with Gasteiger partial charge in [0, 0.05) is 11.7 Å². The lowest BCUT2D eigenvalue weighted by atomic mass is 10.1. The summed E-state index contributed by atoms with van der Waals surface area (Å²) in [6.07, 6.45) is 1.81. The van der Waals surface area contributed by atoms with Crippen molar-refractivity contribution in [2.24, 2.45) is 0 Å². The molecule has 19 heavy (non-hydrogen) atoms. The van der Waals surface area contributed by atoms with Crippen molar-refractivity contribution in [3.8, 4) is 0 Å². The van der Waals surface area contributed by atoms with Crippen LogP contribution < -0.4 is 10.6 Å². The van der Waals surface area contributed by atoms with Gasteiger partial charge in [-0.3, -0.25) is 4.79 Å². The molecule has 0 heterocycles. The van der Waals surface area contributed by atoms with Gasteiger partial charge in [0.25, 0.3) is 0 Å². The third-order valence-corrected chi connectivity index (χ3v) is 3.67. The highest BCUT2D eigenvalue weighted by molar-refractivity contribution is 9.10. The Bertz CT molecular complexity index is 435. The van der Waals surface area contributed by atoms with Gasteiger partial charge >= 0.3 is 0 Å². The average molecular weight is 331 g/mol. The molecule has 1 amide bonds. The van der Waals surface area contributed by atoms with Crippen molar-refractivity contribution in [2.45, 2.75) is 45.7 Å². The first kappa shape index (κ1) is 16.0. The molecule has 0 aromatic heterocycles. The van der Waals surface area contributed by atoms with Crippen molar-refractivity contribution < 1.29 is 9.18 Å². The van der Waals surface area contributed by atoms with Gasteiger partial charge in [0.2, 0.25) is 5.91 Å². The molecule has 1 atom stereocenters. The van der Waals surface area contributed by atoms with Gasteiger partial charge < -0.3 is 10.6 Å². The van der Waals surface area contributed by atoms with Crippen LogP contribution in [0.2, 0.25) is 0 Å². The molecular formula is C14H20BrFN2O. The van der Waals surface area contributed by atoms with E-state index in [1.54, 1.807) is 19.1 Å². The highest BCUT2D eigenvalue weighted by Crippen LogP contribution is 2.19. The molecule has 1 aromatic rings. The van der Waals surface area contributed by atoms with Gasteiger partial charge in [-0.05, 0) is 53.9 Å². The Morgan fingerprint density at radius 2 is 2.00 bits per heavy atom. The van der Waals surface area contributed by atoms with Gasteiger partial charge in [-0.25, -0.2) is 4.39 Å². The molecule has 1 aromatic carbocycles. The molecule has 0 aliphatic carbocycles. The van der Waals surface area contributed by atoms with E-state index in [0.29, 0.717) is 10.2 Å². The summed E-state index contributed by atoms with van der Waals surface area (Å²) in [5.74, 6) is -0.422. The van der Waals surface area contributed by atoms with Crippen molar-refractivity contribution in [2.75, 3.05) is 5.32 Å². The summed E-state index contributed by atoms with van der Waals surface area (Å²) in [6, 6.07) is 4.50. The highest BCUT2D eigenvalue weighted by atomic mass is 79.9. The maximum Gasteiger partial charge on any atom is 0.242 e. The number of carbonyl (C=O) groups excluding carboxylic acids is 1. The van der Waals surface area contributed by atoms with E-state index in [2.05, 4.69) is 26.6 Å². The molecule has 0 aliphatic rings. The Morgan fingerprint density at radius 1 is 1.37 bits per heavy atom. The zero-order valence-corrected chi connectivity index (χ0v) is 13.1. The number of benzene rings is 1. The normalized spacial score (nSPS) is 12.3. The van der Waals surface area contributed by atoms with Crippen LogP contribution in [-0.4, -0.2) is 18.0 Å². The zero-order valence-electron chi connectivity index (χ0n) is 11.5. The Hall–Kier alpha value is -1.10. The van der Waals surface area contributed by atoms with E-state index >= 15 is 0 Å². The summed E-state index contributed by atoms with van der Waals surface area (Å²) < 4.78 is 13.8. The molecule has 0 fully saturated rings. The van der Waals surface area contributed by atoms with Crippen LogP contribution >= 0.6 is 15.9 Å². The van der Waals surface area contributed by atoms with Crippen molar-refractivity contribution >= 4 is 27.5 Å². The standard InChI is InChI=1S/C14H20BrFN2O/c1-4-10(5-2)18-14(19)9(3)17-11-6-7-12(15)13(16)8-11/h6-10,17H,4-5H2,1-3H3,(H,18,19). The summed E-state index contributed by atoms with van der Waals surface area (Å²) in [5.41, 5.74) is 0.591. The highest BCUT2D eigenvalue weighted by Gasteiger charge is 2.15. The van der Waals surface area contributed by atoms with Crippen LogP contribution in [0.3, 0.4) is 0 Å². The van der Waals surface area contributed by atoms with E-state index in [1.807, 2.05) is 13.8 Å². The minimum Gasteiger partial charge on any atom is -0.374 e. The van der Waals surface area contributed by atoms with E-state index in [4.69, 9.17) is 0 Å². The van der Waals surface area contributed by atoms with Crippen LogP contribution in [0.25, 0.3) is 0 Å². The number of anilines is 1. The first-order chi connectivity index (χ1) is 8.97. The van der Waals surface area contributed by atoms with E-state index < -0.39 is 6.04 Å². The number of halogens is 2. The minimum absolute atomic E-state index is 0.0722. The average Bonchev–Trinajstić information content (AvgIpc) is 2.39. The smallest absolute Gasteiger partial charge is 0.242 e. The Morgan fingerprint density at radius 3 is 2.53 bits per heavy atom. The first-order valence-corrected chi connectivity index (χ1v) is 7.29. The Balaban J connectivity index is 2.60. The molecule has 1 unspecified atom stereocenters. The monoisotopic (exact) mass is 330 g/mol. The number of amides is 1. The van der Waals surface area contributed by atoms with Gasteiger partial charge in [0.05, 0.1) is 4.47 Å². The molecule has 3 nitrogen and oxygen atoms in total. The number of rotatable bonds is 6. The molecule has 0 bridgehead atoms. The largest absolute Gasteiger partial charge is 0.374 e. The van der Waals surface area contributed by atoms with Crippen molar-refractivity contribution in [1.29, 1.82) is 0 Å². The predicted octanol–water partition coefficient (Wildman–Crippen LogP) is 3.69. The number of carbonyl (C=O) groups is 1. The maximum absolute atomic E-state index is 13.4. The van der Waals surface area contributed by atoms with E-state index in [-0.39, 0.29) is 17.8 Å². The van der Waals surface area contributed by atoms with Gasteiger partial charge in [-0.2, -0.15) is 0 Å². The lowest BCUT2D eigenvalue weighted by Crippen LogP contribution is -2.42. The molecule has 0 spiro atoms. The van der Waals surface area contributed by atoms with Gasteiger partial charge in [0.15, 0.2) is 0 Å². The lowest BCUT2D eigenvalue weighted by Gasteiger charge is -2.20. The SMILES string of the molecule is CCC(CC)NC(=O)C(C)Nc1ccc(Br)c(F)c1. The molecule has 2 N–H and O–H groups in total. The Kier molecular flexibility index (Phi) is 6.28. The molecule has 5 heteroatoms. The topological polar surface area (TPSA) is 41.1 Å². The molecule has 0 saturated carbocycles. The third kappa shape index (κ3) is 4.82. The van der Waals surface area contributed by atoms with Gasteiger partial charge in [0.1, 0.15) is 11.9 Å². The quantitative estimate of drug-likeness (QED) is 0.835. The molecule has 1 rings (SSSR count). The minimum atomic E-state index is -0.402. The second-order valence-electron chi connectivity index (χ2n) is 4.52. The second-order valence-corrected chi connectivity index (χ2v) is 5.37. The van der Waals surface area contributed by atoms with Crippen LogP contribution in [0.4, 0.5) is 10.1 Å². The summed E-state index contributed by atoms with van der Waals surface area (Å²) in [7, 11) is 0. The fraction of sp³-hybridized carbons (Fsp3) is 0.500. The predicted molar refractivity (Wildman–Crippen MR) is 79.7 cm³/mol. The van der Waals surface area contributed by atoms with Gasteiger partial charge in [-0.1, -0.05) is 13.8 Å². The van der Waals surface area contributed by atoms with Crippen LogP contribution in [0.1, 0.15) is 33.6 Å². The van der Waals surface area contributed by atoms with Crippen LogP contribution in [0, 0.1) is 5.82 Å². The Labute approximate surface area is 122 Å². The summed E-state index contributed by atoms with van der Waals surface area (Å²) in [6.45, 7) is 5.84. The third-order valence-electron chi connectivity index (χ3n) is 3.03. The van der Waals surface area contributed by atoms with Crippen LogP contribution in [0.5, 0.6) is 0 Å². The summed E-state index contributed by atoms with van der Waals surface area (Å²) >= 11 is 3.09. The number of hydrogen-bond donors (Lipinski definition) is 2. The summed E-state index contributed by atoms with van der Waals surface area (Å²) in [4.78, 5) is 12.0. The van der Waals surface area contributed by atoms with E-state index in [1.165, 1.54) is 6.07 Å². The molecule has 0 radical (unpaired) electrons. The van der Waals surface area contributed by atoms with E-state index in [9.17, 15) is 9.18 Å². The number of nitrogens with one attached hydrogen (secondary N) is 2. The van der Waals surface area contributed by atoms with Gasteiger partial charge in [-0.15, -0.1) is 0 Å². The first-order valence-electron chi connectivity index (χ1n) is 6.49. The molecule has 0 aliphatic heterocycles. The zero-order chi connectivity index (χ0) is 14.4.